The molecule has 3 heteroatoms. The van der Waals surface area contributed by atoms with E-state index in [1.54, 1.807) is 24.3 Å². The van der Waals surface area contributed by atoms with E-state index in [2.05, 4.69) is 12.7 Å². The quantitative estimate of drug-likeness (QED) is 0.583. The van der Waals surface area contributed by atoms with Crippen LogP contribution in [0.3, 0.4) is 0 Å². The number of benzene rings is 1. The van der Waals surface area contributed by atoms with Crippen molar-refractivity contribution >= 4 is 11.7 Å². The highest BCUT2D eigenvalue weighted by atomic mass is 16.5. The van der Waals surface area contributed by atoms with Gasteiger partial charge in [0.2, 0.25) is 0 Å². The molecule has 1 aromatic carbocycles. The van der Waals surface area contributed by atoms with E-state index < -0.39 is 0 Å². The molecule has 0 aliphatic rings. The molecule has 0 saturated carbocycles. The second kappa shape index (κ2) is 5.40. The van der Waals surface area contributed by atoms with Crippen LogP contribution in [0.4, 0.5) is 5.69 Å². The zero-order valence-electron chi connectivity index (χ0n) is 8.45. The molecule has 0 heterocycles. The Morgan fingerprint density at radius 1 is 1.36 bits per heavy atom. The van der Waals surface area contributed by atoms with Crippen LogP contribution in [-0.2, 0) is 4.74 Å². The molecule has 0 aliphatic heterocycles. The zero-order chi connectivity index (χ0) is 10.4. The standard InChI is InChI=1S/C11H15NO2/c1-2-3-8-14-11(13)9-4-6-10(12)7-5-9/h4-7H,2-3,8,12H2,1H3/p+1. The smallest absolute Gasteiger partial charge is 0.338 e. The van der Waals surface area contributed by atoms with Crippen LogP contribution in [0.15, 0.2) is 24.3 Å². The molecule has 1 aromatic rings. The Bertz CT molecular complexity index is 293. The molecule has 0 atom stereocenters. The van der Waals surface area contributed by atoms with Crippen LogP contribution in [0.25, 0.3) is 0 Å². The minimum absolute atomic E-state index is 0.251. The predicted octanol–water partition coefficient (Wildman–Crippen LogP) is 1.52. The van der Waals surface area contributed by atoms with Gasteiger partial charge in [0, 0.05) is 0 Å². The van der Waals surface area contributed by atoms with Gasteiger partial charge in [0.25, 0.3) is 0 Å². The van der Waals surface area contributed by atoms with E-state index in [1.807, 2.05) is 0 Å². The summed E-state index contributed by atoms with van der Waals surface area (Å²) in [7, 11) is 0. The van der Waals surface area contributed by atoms with Crippen molar-refractivity contribution in [3.63, 3.8) is 0 Å². The summed E-state index contributed by atoms with van der Waals surface area (Å²) in [5, 5.41) is 0. The normalized spacial score (nSPS) is 9.86. The Balaban J connectivity index is 2.48. The summed E-state index contributed by atoms with van der Waals surface area (Å²) in [5.41, 5.74) is 5.23. The van der Waals surface area contributed by atoms with Crippen molar-refractivity contribution < 1.29 is 15.3 Å². The first-order chi connectivity index (χ1) is 6.74. The molecule has 76 valence electrons. The molecule has 0 spiro atoms. The molecular formula is C11H16NO2+. The maximum absolute atomic E-state index is 11.4. The number of unbranched alkanes of at least 4 members (excludes halogenated alkanes) is 1. The number of quaternary nitrogens is 1. The highest BCUT2D eigenvalue weighted by Crippen LogP contribution is 2.05. The minimum atomic E-state index is -0.251. The van der Waals surface area contributed by atoms with Crippen molar-refractivity contribution in [1.29, 1.82) is 0 Å². The molecule has 3 N–H and O–H groups in total. The lowest BCUT2D eigenvalue weighted by Crippen LogP contribution is -2.39. The topological polar surface area (TPSA) is 53.9 Å². The number of carbonyl (C=O) groups excluding carboxylic acids is 1. The minimum Gasteiger partial charge on any atom is -0.462 e. The molecular weight excluding hydrogens is 178 g/mol. The van der Waals surface area contributed by atoms with Crippen molar-refractivity contribution in [1.82, 2.24) is 0 Å². The van der Waals surface area contributed by atoms with Gasteiger partial charge in [-0.25, -0.2) is 4.79 Å². The molecule has 0 radical (unpaired) electrons. The predicted molar refractivity (Wildman–Crippen MR) is 54.2 cm³/mol. The third-order valence-corrected chi connectivity index (χ3v) is 1.92. The van der Waals surface area contributed by atoms with Gasteiger partial charge in [0.05, 0.1) is 12.2 Å². The van der Waals surface area contributed by atoms with Gasteiger partial charge in [0.15, 0.2) is 0 Å². The average molecular weight is 194 g/mol. The zero-order valence-corrected chi connectivity index (χ0v) is 8.45. The molecule has 0 bridgehead atoms. The molecule has 1 rings (SSSR count). The molecule has 0 aliphatic carbocycles. The van der Waals surface area contributed by atoms with E-state index in [4.69, 9.17) is 4.74 Å². The number of esters is 1. The van der Waals surface area contributed by atoms with E-state index in [1.165, 1.54) is 0 Å². The van der Waals surface area contributed by atoms with Gasteiger partial charge in [0.1, 0.15) is 5.69 Å². The summed E-state index contributed by atoms with van der Waals surface area (Å²) in [6.07, 6.45) is 1.95. The van der Waals surface area contributed by atoms with Crippen LogP contribution >= 0.6 is 0 Å². The van der Waals surface area contributed by atoms with Gasteiger partial charge in [-0.05, 0) is 30.7 Å². The summed E-state index contributed by atoms with van der Waals surface area (Å²) >= 11 is 0. The van der Waals surface area contributed by atoms with Crippen LogP contribution in [0.1, 0.15) is 30.1 Å². The van der Waals surface area contributed by atoms with Gasteiger partial charge in [-0.3, -0.25) is 0 Å². The maximum Gasteiger partial charge on any atom is 0.338 e. The SMILES string of the molecule is CCCCOC(=O)c1ccc([NH3+])cc1. The first kappa shape index (κ1) is 10.7. The fraction of sp³-hybridized carbons (Fsp3) is 0.364. The van der Waals surface area contributed by atoms with Gasteiger partial charge >= 0.3 is 5.97 Å². The third kappa shape index (κ3) is 3.18. The summed E-state index contributed by atoms with van der Waals surface area (Å²) < 4.78 is 5.05. The number of ether oxygens (including phenoxy) is 1. The summed E-state index contributed by atoms with van der Waals surface area (Å²) in [5.74, 6) is -0.251. The largest absolute Gasteiger partial charge is 0.462 e. The molecule has 0 saturated heterocycles. The lowest BCUT2D eigenvalue weighted by molar-refractivity contribution is -0.254. The van der Waals surface area contributed by atoms with Crippen LogP contribution in [0, 0.1) is 0 Å². The second-order valence-electron chi connectivity index (χ2n) is 3.19. The van der Waals surface area contributed by atoms with E-state index in [9.17, 15) is 4.79 Å². The summed E-state index contributed by atoms with van der Waals surface area (Å²) in [6, 6.07) is 7.07. The highest BCUT2D eigenvalue weighted by molar-refractivity contribution is 5.89. The number of carbonyl (C=O) groups is 1. The van der Waals surface area contributed by atoms with Crippen molar-refractivity contribution in [2.75, 3.05) is 6.61 Å². The first-order valence-electron chi connectivity index (χ1n) is 4.83. The van der Waals surface area contributed by atoms with Gasteiger partial charge < -0.3 is 10.5 Å². The Morgan fingerprint density at radius 2 is 2.00 bits per heavy atom. The number of rotatable bonds is 4. The van der Waals surface area contributed by atoms with Gasteiger partial charge in [-0.2, -0.15) is 0 Å². The van der Waals surface area contributed by atoms with Crippen molar-refractivity contribution in [3.8, 4) is 0 Å². The van der Waals surface area contributed by atoms with Crippen LogP contribution < -0.4 is 5.73 Å². The Kier molecular flexibility index (Phi) is 4.13. The van der Waals surface area contributed by atoms with Crippen LogP contribution in [0.5, 0.6) is 0 Å². The fourth-order valence-corrected chi connectivity index (χ4v) is 1.03. The molecule has 3 nitrogen and oxygen atoms in total. The van der Waals surface area contributed by atoms with Crippen LogP contribution in [0.2, 0.25) is 0 Å². The van der Waals surface area contributed by atoms with E-state index in [0.717, 1.165) is 18.5 Å². The second-order valence-corrected chi connectivity index (χ2v) is 3.19. The molecule has 14 heavy (non-hydrogen) atoms. The number of hydrogen-bond acceptors (Lipinski definition) is 2. The maximum atomic E-state index is 11.4. The fourth-order valence-electron chi connectivity index (χ4n) is 1.03. The summed E-state index contributed by atoms with van der Waals surface area (Å²) in [4.78, 5) is 11.4. The average Bonchev–Trinajstić information content (AvgIpc) is 2.19. The molecule has 0 aromatic heterocycles. The molecule has 0 fully saturated rings. The van der Waals surface area contributed by atoms with E-state index in [0.29, 0.717) is 12.2 Å². The van der Waals surface area contributed by atoms with E-state index >= 15 is 0 Å². The molecule has 0 amide bonds. The van der Waals surface area contributed by atoms with Gasteiger partial charge in [-0.15, -0.1) is 0 Å². The summed E-state index contributed by atoms with van der Waals surface area (Å²) in [6.45, 7) is 2.56. The van der Waals surface area contributed by atoms with Gasteiger partial charge in [-0.1, -0.05) is 13.3 Å². The van der Waals surface area contributed by atoms with Crippen molar-refractivity contribution in [3.05, 3.63) is 29.8 Å². The first-order valence-corrected chi connectivity index (χ1v) is 4.83. The van der Waals surface area contributed by atoms with E-state index in [-0.39, 0.29) is 5.97 Å². The van der Waals surface area contributed by atoms with Crippen molar-refractivity contribution in [2.24, 2.45) is 0 Å². The van der Waals surface area contributed by atoms with Crippen molar-refractivity contribution in [2.45, 2.75) is 19.8 Å². The lowest BCUT2D eigenvalue weighted by atomic mass is 10.2. The Morgan fingerprint density at radius 3 is 2.57 bits per heavy atom. The lowest BCUT2D eigenvalue weighted by Gasteiger charge is -2.02. The number of hydrogen-bond donors (Lipinski definition) is 1. The van der Waals surface area contributed by atoms with Crippen LogP contribution in [-0.4, -0.2) is 12.6 Å². The molecule has 0 unspecified atom stereocenters. The Labute approximate surface area is 83.9 Å². The monoisotopic (exact) mass is 194 g/mol. The highest BCUT2D eigenvalue weighted by Gasteiger charge is 2.05. The Hall–Kier alpha value is -1.35. The third-order valence-electron chi connectivity index (χ3n) is 1.92.